The van der Waals surface area contributed by atoms with E-state index in [1.54, 1.807) is 32.9 Å². The topological polar surface area (TPSA) is 96.3 Å². The monoisotopic (exact) mass is 339 g/mol. The fourth-order valence-electron chi connectivity index (χ4n) is 2.01. The highest BCUT2D eigenvalue weighted by atomic mass is 16.8. The zero-order chi connectivity index (χ0) is 18.2. The number of rotatable bonds is 8. The van der Waals surface area contributed by atoms with Crippen LogP contribution in [0.15, 0.2) is 30.3 Å². The second-order valence-electron chi connectivity index (χ2n) is 6.34. The van der Waals surface area contributed by atoms with E-state index in [1.165, 1.54) is 0 Å². The molecule has 1 aromatic rings. The fraction of sp³-hybridized carbons (Fsp3) is 0.529. The lowest BCUT2D eigenvalue weighted by Gasteiger charge is -2.28. The van der Waals surface area contributed by atoms with Crippen molar-refractivity contribution in [1.29, 1.82) is 0 Å². The van der Waals surface area contributed by atoms with E-state index in [2.05, 4.69) is 0 Å². The van der Waals surface area contributed by atoms with E-state index in [0.29, 0.717) is 0 Å². The summed E-state index contributed by atoms with van der Waals surface area (Å²) in [6, 6.07) is 7.98. The zero-order valence-corrected chi connectivity index (χ0v) is 14.3. The molecule has 0 fully saturated rings. The van der Waals surface area contributed by atoms with Crippen LogP contribution in [-0.2, 0) is 20.9 Å². The molecule has 0 saturated carbocycles. The number of carboxylic acids is 1. The Morgan fingerprint density at radius 1 is 1.21 bits per heavy atom. The molecule has 0 aliphatic carbocycles. The van der Waals surface area contributed by atoms with Gasteiger partial charge in [-0.05, 0) is 39.2 Å². The van der Waals surface area contributed by atoms with Gasteiger partial charge in [0.1, 0.15) is 11.6 Å². The first-order chi connectivity index (χ1) is 11.2. The summed E-state index contributed by atoms with van der Waals surface area (Å²) in [5.41, 5.74) is 0.0376. The highest BCUT2D eigenvalue weighted by Gasteiger charge is 2.30. The summed E-state index contributed by atoms with van der Waals surface area (Å²) >= 11 is 0. The summed E-state index contributed by atoms with van der Waals surface area (Å²) in [4.78, 5) is 28.6. The van der Waals surface area contributed by atoms with Crippen molar-refractivity contribution in [3.05, 3.63) is 35.9 Å². The van der Waals surface area contributed by atoms with Crippen molar-refractivity contribution in [2.45, 2.75) is 51.8 Å². The third-order valence-electron chi connectivity index (χ3n) is 3.03. The van der Waals surface area contributed by atoms with Crippen molar-refractivity contribution in [1.82, 2.24) is 5.06 Å². The standard InChI is InChI=1S/C17H25NO6/c1-17(2,3)23-16(22)24-18(12-13-8-5-4-6-9-13)14(15(20)21)10-7-11-19/h4-6,8-9,14,19H,7,10-12H2,1-3H3,(H,20,21)/t14-/m0/s1. The minimum Gasteiger partial charge on any atom is -0.480 e. The van der Waals surface area contributed by atoms with Crippen LogP contribution in [0.25, 0.3) is 0 Å². The lowest BCUT2D eigenvalue weighted by Crippen LogP contribution is -2.43. The average molecular weight is 339 g/mol. The SMILES string of the molecule is CC(C)(C)OC(=O)ON(Cc1ccccc1)[C@@H](CCCO)C(=O)O. The Hall–Kier alpha value is -2.12. The van der Waals surface area contributed by atoms with Crippen molar-refractivity contribution in [2.24, 2.45) is 0 Å². The van der Waals surface area contributed by atoms with Gasteiger partial charge in [-0.2, -0.15) is 0 Å². The molecule has 134 valence electrons. The van der Waals surface area contributed by atoms with Gasteiger partial charge in [-0.1, -0.05) is 30.3 Å². The van der Waals surface area contributed by atoms with Gasteiger partial charge in [0, 0.05) is 6.61 Å². The molecule has 0 unspecified atom stereocenters. The first-order valence-corrected chi connectivity index (χ1v) is 7.78. The Kier molecular flexibility index (Phi) is 7.67. The fourth-order valence-corrected chi connectivity index (χ4v) is 2.01. The van der Waals surface area contributed by atoms with E-state index in [9.17, 15) is 14.7 Å². The molecule has 0 radical (unpaired) electrons. The van der Waals surface area contributed by atoms with Crippen LogP contribution in [-0.4, -0.2) is 45.7 Å². The molecule has 0 aliphatic heterocycles. The van der Waals surface area contributed by atoms with Gasteiger partial charge in [0.05, 0.1) is 6.54 Å². The Labute approximate surface area is 141 Å². The molecule has 2 N–H and O–H groups in total. The molecule has 0 amide bonds. The van der Waals surface area contributed by atoms with Gasteiger partial charge in [0.2, 0.25) is 0 Å². The maximum Gasteiger partial charge on any atom is 0.528 e. The molecule has 24 heavy (non-hydrogen) atoms. The molecule has 1 rings (SSSR count). The lowest BCUT2D eigenvalue weighted by molar-refractivity contribution is -0.189. The number of ether oxygens (including phenoxy) is 1. The van der Waals surface area contributed by atoms with Crippen LogP contribution in [0.4, 0.5) is 4.79 Å². The van der Waals surface area contributed by atoms with E-state index in [-0.39, 0.29) is 26.0 Å². The highest BCUT2D eigenvalue weighted by molar-refractivity contribution is 5.73. The number of hydrogen-bond acceptors (Lipinski definition) is 6. The molecule has 0 saturated heterocycles. The molecular formula is C17H25NO6. The number of carbonyl (C=O) groups excluding carboxylic acids is 1. The number of carboxylic acid groups (broad SMARTS) is 1. The summed E-state index contributed by atoms with van der Waals surface area (Å²) in [6.07, 6.45) is -0.546. The number of nitrogens with zero attached hydrogens (tertiary/aromatic N) is 1. The van der Waals surface area contributed by atoms with Crippen LogP contribution in [0.5, 0.6) is 0 Å². The average Bonchev–Trinajstić information content (AvgIpc) is 2.46. The number of aliphatic hydroxyl groups excluding tert-OH is 1. The second kappa shape index (κ2) is 9.24. The Morgan fingerprint density at radius 3 is 2.33 bits per heavy atom. The van der Waals surface area contributed by atoms with Gasteiger partial charge in [-0.25, -0.2) is 4.79 Å². The lowest BCUT2D eigenvalue weighted by atomic mass is 10.1. The molecule has 7 heteroatoms. The maximum atomic E-state index is 11.9. The number of benzene rings is 1. The van der Waals surface area contributed by atoms with Crippen molar-refractivity contribution in [2.75, 3.05) is 6.61 Å². The summed E-state index contributed by atoms with van der Waals surface area (Å²) in [6.45, 7) is 5.03. The number of carbonyl (C=O) groups is 2. The first kappa shape index (κ1) is 19.9. The van der Waals surface area contributed by atoms with Crippen molar-refractivity contribution < 1.29 is 29.4 Å². The van der Waals surface area contributed by atoms with Crippen LogP contribution in [0.3, 0.4) is 0 Å². The molecule has 7 nitrogen and oxygen atoms in total. The molecule has 1 atom stereocenters. The molecule has 0 heterocycles. The van der Waals surface area contributed by atoms with Gasteiger partial charge >= 0.3 is 12.1 Å². The molecule has 0 aromatic heterocycles. The number of hydrogen-bond donors (Lipinski definition) is 2. The number of hydroxylamine groups is 2. The smallest absolute Gasteiger partial charge is 0.480 e. The molecule has 0 bridgehead atoms. The highest BCUT2D eigenvalue weighted by Crippen LogP contribution is 2.16. The normalized spacial score (nSPS) is 12.7. The predicted octanol–water partition coefficient (Wildman–Crippen LogP) is 2.58. The van der Waals surface area contributed by atoms with Crippen molar-refractivity contribution >= 4 is 12.1 Å². The quantitative estimate of drug-likeness (QED) is 0.555. The van der Waals surface area contributed by atoms with Crippen LogP contribution in [0.1, 0.15) is 39.2 Å². The molecule has 1 aromatic carbocycles. The van der Waals surface area contributed by atoms with Gasteiger partial charge in [0.15, 0.2) is 0 Å². The van der Waals surface area contributed by atoms with Gasteiger partial charge in [0.25, 0.3) is 0 Å². The largest absolute Gasteiger partial charge is 0.528 e. The predicted molar refractivity (Wildman–Crippen MR) is 87.0 cm³/mol. The minimum absolute atomic E-state index is 0.0997. The Balaban J connectivity index is 2.92. The number of aliphatic hydroxyl groups is 1. The van der Waals surface area contributed by atoms with Gasteiger partial charge in [-0.3, -0.25) is 4.79 Å². The first-order valence-electron chi connectivity index (χ1n) is 7.78. The number of aliphatic carboxylic acids is 1. The van der Waals surface area contributed by atoms with E-state index in [0.717, 1.165) is 10.6 Å². The molecular weight excluding hydrogens is 314 g/mol. The van der Waals surface area contributed by atoms with Crippen molar-refractivity contribution in [3.63, 3.8) is 0 Å². The Bertz CT molecular complexity index is 526. The summed E-state index contributed by atoms with van der Waals surface area (Å²) in [7, 11) is 0. The van der Waals surface area contributed by atoms with E-state index >= 15 is 0 Å². The summed E-state index contributed by atoms with van der Waals surface area (Å²) < 4.78 is 5.10. The van der Waals surface area contributed by atoms with E-state index in [1.807, 2.05) is 18.2 Å². The zero-order valence-electron chi connectivity index (χ0n) is 14.3. The third-order valence-corrected chi connectivity index (χ3v) is 3.03. The maximum absolute atomic E-state index is 11.9. The third kappa shape index (κ3) is 7.43. The molecule has 0 aliphatic rings. The van der Waals surface area contributed by atoms with Crippen LogP contribution < -0.4 is 0 Å². The minimum atomic E-state index is -1.14. The second-order valence-corrected chi connectivity index (χ2v) is 6.34. The van der Waals surface area contributed by atoms with Gasteiger partial charge in [-0.15, -0.1) is 5.06 Å². The van der Waals surface area contributed by atoms with Gasteiger partial charge < -0.3 is 19.8 Å². The van der Waals surface area contributed by atoms with E-state index in [4.69, 9.17) is 14.7 Å². The van der Waals surface area contributed by atoms with E-state index < -0.39 is 23.8 Å². The van der Waals surface area contributed by atoms with Crippen LogP contribution in [0.2, 0.25) is 0 Å². The van der Waals surface area contributed by atoms with Crippen LogP contribution >= 0.6 is 0 Å². The van der Waals surface area contributed by atoms with Crippen LogP contribution in [0, 0.1) is 0 Å². The molecule has 0 spiro atoms. The summed E-state index contributed by atoms with van der Waals surface area (Å²) in [5.74, 6) is -1.14. The summed E-state index contributed by atoms with van der Waals surface area (Å²) in [5, 5.41) is 19.5. The van der Waals surface area contributed by atoms with Crippen molar-refractivity contribution in [3.8, 4) is 0 Å². The Morgan fingerprint density at radius 2 is 1.83 bits per heavy atom.